The Morgan fingerprint density at radius 3 is 2.68 bits per heavy atom. The highest BCUT2D eigenvalue weighted by molar-refractivity contribution is 7.99. The van der Waals surface area contributed by atoms with E-state index in [4.69, 9.17) is 9.84 Å². The fourth-order valence-electron chi connectivity index (χ4n) is 2.80. The average molecular weight is 368 g/mol. The number of rotatable bonds is 9. The quantitative estimate of drug-likeness (QED) is 0.507. The summed E-state index contributed by atoms with van der Waals surface area (Å²) in [6, 6.07) is 4.68. The molecule has 0 heterocycles. The van der Waals surface area contributed by atoms with Gasteiger partial charge in [0.15, 0.2) is 5.75 Å². The highest BCUT2D eigenvalue weighted by Crippen LogP contribution is 2.35. The molecule has 2 N–H and O–H groups in total. The Bertz CT molecular complexity index is 675. The zero-order chi connectivity index (χ0) is 18.4. The Balaban J connectivity index is 1.86. The molecule has 0 saturated heterocycles. The maximum absolute atomic E-state index is 12.0. The van der Waals surface area contributed by atoms with Crippen molar-refractivity contribution in [1.82, 2.24) is 5.32 Å². The van der Waals surface area contributed by atoms with Gasteiger partial charge < -0.3 is 15.2 Å². The Hall–Kier alpha value is -2.29. The largest absolute Gasteiger partial charge is 0.490 e. The summed E-state index contributed by atoms with van der Waals surface area (Å²) in [6.45, 7) is 0. The third kappa shape index (κ3) is 5.09. The minimum absolute atomic E-state index is 0.0614. The molecule has 1 aliphatic carbocycles. The lowest BCUT2D eigenvalue weighted by Gasteiger charge is -2.41. The van der Waals surface area contributed by atoms with E-state index in [0.717, 1.165) is 6.42 Å². The highest BCUT2D eigenvalue weighted by Gasteiger charge is 2.40. The van der Waals surface area contributed by atoms with Gasteiger partial charge in [0.05, 0.1) is 29.7 Å². The maximum Gasteiger partial charge on any atom is 0.311 e. The number of aliphatic carboxylic acids is 1. The molecule has 1 aliphatic rings. The Morgan fingerprint density at radius 2 is 2.16 bits per heavy atom. The molecular weight excluding hydrogens is 348 g/mol. The fraction of sp³-hybridized carbons (Fsp3) is 0.500. The van der Waals surface area contributed by atoms with Crippen molar-refractivity contribution in [3.8, 4) is 5.75 Å². The van der Waals surface area contributed by atoms with Crippen LogP contribution in [-0.4, -0.2) is 40.3 Å². The van der Waals surface area contributed by atoms with Crippen LogP contribution in [0.15, 0.2) is 18.2 Å². The Labute approximate surface area is 149 Å². The van der Waals surface area contributed by atoms with E-state index in [2.05, 4.69) is 5.32 Å². The Morgan fingerprint density at radius 1 is 1.44 bits per heavy atom. The van der Waals surface area contributed by atoms with Crippen molar-refractivity contribution in [2.75, 3.05) is 12.9 Å². The van der Waals surface area contributed by atoms with E-state index in [1.807, 2.05) is 0 Å². The number of nitrogens with zero attached hydrogens (tertiary/aromatic N) is 1. The maximum atomic E-state index is 12.0. The van der Waals surface area contributed by atoms with Gasteiger partial charge in [0.1, 0.15) is 0 Å². The van der Waals surface area contributed by atoms with Crippen molar-refractivity contribution >= 4 is 29.3 Å². The predicted octanol–water partition coefficient (Wildman–Crippen LogP) is 2.35. The lowest BCUT2D eigenvalue weighted by molar-refractivity contribution is -0.385. The molecule has 9 heteroatoms. The second-order valence-corrected chi connectivity index (χ2v) is 6.99. The van der Waals surface area contributed by atoms with Gasteiger partial charge in [-0.05, 0) is 30.9 Å². The number of amides is 1. The summed E-state index contributed by atoms with van der Waals surface area (Å²) in [7, 11) is 1.37. The van der Waals surface area contributed by atoms with Gasteiger partial charge in [-0.2, -0.15) is 0 Å². The van der Waals surface area contributed by atoms with Gasteiger partial charge in [-0.25, -0.2) is 0 Å². The minimum atomic E-state index is -0.918. The Kier molecular flexibility index (Phi) is 6.24. The van der Waals surface area contributed by atoms with E-state index in [9.17, 15) is 19.7 Å². The first-order valence-electron chi connectivity index (χ1n) is 7.77. The second kappa shape index (κ2) is 8.19. The van der Waals surface area contributed by atoms with E-state index in [-0.39, 0.29) is 29.5 Å². The number of nitrogens with one attached hydrogen (secondary N) is 1. The third-order valence-electron chi connectivity index (χ3n) is 4.15. The molecule has 0 atom stereocenters. The van der Waals surface area contributed by atoms with Crippen molar-refractivity contribution in [3.05, 3.63) is 33.9 Å². The molecule has 1 saturated carbocycles. The molecule has 0 radical (unpaired) electrons. The first-order chi connectivity index (χ1) is 11.8. The van der Waals surface area contributed by atoms with Gasteiger partial charge in [0, 0.05) is 11.8 Å². The van der Waals surface area contributed by atoms with Gasteiger partial charge in [-0.15, -0.1) is 11.8 Å². The molecule has 1 fully saturated rings. The molecule has 0 spiro atoms. The number of ether oxygens (including phenoxy) is 1. The van der Waals surface area contributed by atoms with Crippen molar-refractivity contribution in [1.29, 1.82) is 0 Å². The second-order valence-electron chi connectivity index (χ2n) is 6.01. The first kappa shape index (κ1) is 19.0. The van der Waals surface area contributed by atoms with Crippen LogP contribution in [0.2, 0.25) is 0 Å². The topological polar surface area (TPSA) is 119 Å². The molecule has 1 amide bonds. The molecule has 8 nitrogen and oxygen atoms in total. The van der Waals surface area contributed by atoms with Crippen LogP contribution in [0.5, 0.6) is 5.75 Å². The predicted molar refractivity (Wildman–Crippen MR) is 92.8 cm³/mol. The molecule has 25 heavy (non-hydrogen) atoms. The van der Waals surface area contributed by atoms with Crippen molar-refractivity contribution in [3.63, 3.8) is 0 Å². The number of hydrogen-bond donors (Lipinski definition) is 2. The molecule has 0 unspecified atom stereocenters. The smallest absolute Gasteiger partial charge is 0.311 e. The van der Waals surface area contributed by atoms with Crippen LogP contribution in [0.3, 0.4) is 0 Å². The first-order valence-corrected chi connectivity index (χ1v) is 8.92. The molecule has 0 bridgehead atoms. The number of nitro groups is 1. The summed E-state index contributed by atoms with van der Waals surface area (Å²) < 4.78 is 4.95. The van der Waals surface area contributed by atoms with Crippen LogP contribution in [0, 0.1) is 10.1 Å². The number of carboxylic acid groups (broad SMARTS) is 1. The van der Waals surface area contributed by atoms with E-state index in [0.29, 0.717) is 24.2 Å². The summed E-state index contributed by atoms with van der Waals surface area (Å²) in [5.74, 6) is -0.338. The van der Waals surface area contributed by atoms with E-state index in [1.165, 1.54) is 31.0 Å². The van der Waals surface area contributed by atoms with Crippen molar-refractivity contribution in [2.24, 2.45) is 0 Å². The molecule has 1 aromatic rings. The number of carbonyl (C=O) groups is 2. The van der Waals surface area contributed by atoms with Gasteiger partial charge in [0.25, 0.3) is 0 Å². The van der Waals surface area contributed by atoms with Crippen LogP contribution in [0.4, 0.5) is 5.69 Å². The number of benzene rings is 1. The van der Waals surface area contributed by atoms with Gasteiger partial charge in [-0.3, -0.25) is 19.7 Å². The molecule has 1 aromatic carbocycles. The normalized spacial score (nSPS) is 15.1. The highest BCUT2D eigenvalue weighted by atomic mass is 32.2. The van der Waals surface area contributed by atoms with Crippen LogP contribution in [0.25, 0.3) is 0 Å². The number of methoxy groups -OCH3 is 1. The van der Waals surface area contributed by atoms with Crippen molar-refractivity contribution < 1.29 is 24.4 Å². The summed E-state index contributed by atoms with van der Waals surface area (Å²) in [5, 5.41) is 22.8. The summed E-state index contributed by atoms with van der Waals surface area (Å²) >= 11 is 1.32. The lowest BCUT2D eigenvalue weighted by Crippen LogP contribution is -2.55. The molecule has 136 valence electrons. The van der Waals surface area contributed by atoms with Gasteiger partial charge >= 0.3 is 11.7 Å². The van der Waals surface area contributed by atoms with E-state index in [1.54, 1.807) is 6.07 Å². The molecule has 0 aliphatic heterocycles. The monoisotopic (exact) mass is 368 g/mol. The zero-order valence-corrected chi connectivity index (χ0v) is 14.6. The van der Waals surface area contributed by atoms with Crippen LogP contribution < -0.4 is 10.1 Å². The number of nitro benzene ring substituents is 1. The standard InChI is InChI=1S/C16H20N2O6S/c1-24-13-4-3-11(7-12(13)18(22)23)9-25-10-14(19)17-16(5-2-6-16)8-15(20)21/h3-4,7H,2,5-6,8-10H2,1H3,(H,17,19)(H,20,21). The lowest BCUT2D eigenvalue weighted by atomic mass is 9.74. The summed E-state index contributed by atoms with van der Waals surface area (Å²) in [5.41, 5.74) is -0.00308. The van der Waals surface area contributed by atoms with E-state index < -0.39 is 16.4 Å². The van der Waals surface area contributed by atoms with Gasteiger partial charge in [0.2, 0.25) is 5.91 Å². The van der Waals surface area contributed by atoms with E-state index >= 15 is 0 Å². The summed E-state index contributed by atoms with van der Waals surface area (Å²) in [6.07, 6.45) is 2.21. The number of carboxylic acids is 1. The summed E-state index contributed by atoms with van der Waals surface area (Å²) in [4.78, 5) is 33.4. The number of hydrogen-bond acceptors (Lipinski definition) is 6. The molecule has 0 aromatic heterocycles. The zero-order valence-electron chi connectivity index (χ0n) is 13.8. The third-order valence-corrected chi connectivity index (χ3v) is 5.15. The molecular formula is C16H20N2O6S. The number of carbonyl (C=O) groups excluding carboxylic acids is 1. The van der Waals surface area contributed by atoms with Crippen molar-refractivity contribution in [2.45, 2.75) is 37.0 Å². The average Bonchev–Trinajstić information content (AvgIpc) is 2.52. The van der Waals surface area contributed by atoms with Gasteiger partial charge in [-0.1, -0.05) is 6.07 Å². The fourth-order valence-corrected chi connectivity index (χ4v) is 3.58. The molecule has 2 rings (SSSR count). The van der Waals surface area contributed by atoms with Crippen LogP contribution >= 0.6 is 11.8 Å². The number of thioether (sulfide) groups is 1. The van der Waals surface area contributed by atoms with Crippen LogP contribution in [0.1, 0.15) is 31.2 Å². The SMILES string of the molecule is COc1ccc(CSCC(=O)NC2(CC(=O)O)CCC2)cc1[N+](=O)[O-]. The minimum Gasteiger partial charge on any atom is -0.490 e. The van der Waals surface area contributed by atoms with Crippen LogP contribution in [-0.2, 0) is 15.3 Å².